The lowest BCUT2D eigenvalue weighted by atomic mass is 9.89. The molecule has 0 saturated heterocycles. The summed E-state index contributed by atoms with van der Waals surface area (Å²) in [6, 6.07) is 0.396. The highest BCUT2D eigenvalue weighted by Gasteiger charge is 2.40. The van der Waals surface area contributed by atoms with E-state index in [-0.39, 0.29) is 5.60 Å². The van der Waals surface area contributed by atoms with E-state index in [9.17, 15) is 0 Å². The van der Waals surface area contributed by atoms with Gasteiger partial charge in [0, 0.05) is 19.6 Å². The number of ether oxygens (including phenoxy) is 1. The van der Waals surface area contributed by atoms with Gasteiger partial charge in [-0.25, -0.2) is 0 Å². The second-order valence-corrected chi connectivity index (χ2v) is 4.61. The van der Waals surface area contributed by atoms with Gasteiger partial charge >= 0.3 is 0 Å². The number of hydrogen-bond acceptors (Lipinski definition) is 2. The van der Waals surface area contributed by atoms with E-state index in [2.05, 4.69) is 24.1 Å². The Morgan fingerprint density at radius 1 is 1.38 bits per heavy atom. The van der Waals surface area contributed by atoms with Crippen molar-refractivity contribution in [3.05, 3.63) is 0 Å². The smallest absolute Gasteiger partial charge is 0.0840 e. The van der Waals surface area contributed by atoms with Crippen LogP contribution in [0.2, 0.25) is 0 Å². The van der Waals surface area contributed by atoms with Crippen molar-refractivity contribution in [2.75, 3.05) is 13.7 Å². The van der Waals surface area contributed by atoms with Crippen molar-refractivity contribution in [2.24, 2.45) is 0 Å². The Hall–Kier alpha value is -0.520. The highest BCUT2D eigenvalue weighted by molar-refractivity contribution is 5.05. The van der Waals surface area contributed by atoms with Crippen LogP contribution in [0.1, 0.15) is 52.4 Å². The quantitative estimate of drug-likeness (QED) is 0.699. The molecule has 0 spiro atoms. The maximum absolute atomic E-state index is 5.82. The summed E-state index contributed by atoms with van der Waals surface area (Å²) in [7, 11) is 1.85. The minimum atomic E-state index is 0.0407. The third kappa shape index (κ3) is 3.23. The SMILES string of the molecule is CC#CCC(NCCC)C1(OC)CCCC1. The van der Waals surface area contributed by atoms with E-state index in [1.54, 1.807) is 0 Å². The Bertz CT molecular complexity index is 245. The summed E-state index contributed by atoms with van der Waals surface area (Å²) in [6.07, 6.45) is 7.00. The second-order valence-electron chi connectivity index (χ2n) is 4.61. The predicted molar refractivity (Wildman–Crippen MR) is 68.4 cm³/mol. The zero-order valence-corrected chi connectivity index (χ0v) is 10.9. The molecule has 0 radical (unpaired) electrons. The standard InChI is InChI=1S/C14H25NO/c1-4-6-9-13(15-12-5-2)14(16-3)10-7-8-11-14/h13,15H,5,7-12H2,1-3H3. The van der Waals surface area contributed by atoms with Crippen molar-refractivity contribution in [2.45, 2.75) is 64.0 Å². The summed E-state index contributed by atoms with van der Waals surface area (Å²) in [5.74, 6) is 6.19. The second kappa shape index (κ2) is 6.93. The van der Waals surface area contributed by atoms with Crippen LogP contribution >= 0.6 is 0 Å². The first-order chi connectivity index (χ1) is 7.79. The Labute approximate surface area is 100 Å². The number of hydrogen-bond donors (Lipinski definition) is 1. The number of methoxy groups -OCH3 is 1. The molecule has 2 heteroatoms. The molecule has 0 aromatic carbocycles. The topological polar surface area (TPSA) is 21.3 Å². The molecule has 2 nitrogen and oxygen atoms in total. The summed E-state index contributed by atoms with van der Waals surface area (Å²) in [5.41, 5.74) is 0.0407. The minimum absolute atomic E-state index is 0.0407. The van der Waals surface area contributed by atoms with Gasteiger partial charge < -0.3 is 10.1 Å². The van der Waals surface area contributed by atoms with E-state index < -0.39 is 0 Å². The summed E-state index contributed by atoms with van der Waals surface area (Å²) >= 11 is 0. The maximum atomic E-state index is 5.82. The van der Waals surface area contributed by atoms with Crippen LogP contribution in [-0.4, -0.2) is 25.3 Å². The summed E-state index contributed by atoms with van der Waals surface area (Å²) < 4.78 is 5.82. The van der Waals surface area contributed by atoms with Crippen molar-refractivity contribution in [3.8, 4) is 11.8 Å². The van der Waals surface area contributed by atoms with Gasteiger partial charge in [0.2, 0.25) is 0 Å². The average molecular weight is 223 g/mol. The van der Waals surface area contributed by atoms with Gasteiger partial charge in [0.05, 0.1) is 5.60 Å². The highest BCUT2D eigenvalue weighted by Crippen LogP contribution is 2.36. The molecule has 16 heavy (non-hydrogen) atoms. The number of rotatable bonds is 6. The van der Waals surface area contributed by atoms with Crippen molar-refractivity contribution >= 4 is 0 Å². The molecule has 1 aliphatic carbocycles. The van der Waals surface area contributed by atoms with Crippen LogP contribution in [0.25, 0.3) is 0 Å². The molecule has 0 aromatic heterocycles. The molecule has 0 amide bonds. The number of nitrogens with one attached hydrogen (secondary N) is 1. The Balaban J connectivity index is 2.66. The molecule has 1 rings (SSSR count). The van der Waals surface area contributed by atoms with Crippen molar-refractivity contribution in [1.29, 1.82) is 0 Å². The van der Waals surface area contributed by atoms with Gasteiger partial charge in [0.1, 0.15) is 0 Å². The minimum Gasteiger partial charge on any atom is -0.377 e. The van der Waals surface area contributed by atoms with Gasteiger partial charge in [-0.3, -0.25) is 0 Å². The lowest BCUT2D eigenvalue weighted by Crippen LogP contribution is -2.50. The van der Waals surface area contributed by atoms with Crippen LogP contribution < -0.4 is 5.32 Å². The molecule has 0 aliphatic heterocycles. The fraction of sp³-hybridized carbons (Fsp3) is 0.857. The van der Waals surface area contributed by atoms with E-state index in [0.29, 0.717) is 6.04 Å². The van der Waals surface area contributed by atoms with Gasteiger partial charge in [0.15, 0.2) is 0 Å². The molecular formula is C14H25NO. The molecule has 1 fully saturated rings. The van der Waals surface area contributed by atoms with Crippen LogP contribution in [-0.2, 0) is 4.74 Å². The normalized spacial score (nSPS) is 20.2. The van der Waals surface area contributed by atoms with E-state index in [0.717, 1.165) is 19.4 Å². The molecule has 1 aliphatic rings. The maximum Gasteiger partial charge on any atom is 0.0840 e. The lowest BCUT2D eigenvalue weighted by Gasteiger charge is -2.36. The zero-order valence-electron chi connectivity index (χ0n) is 10.9. The van der Waals surface area contributed by atoms with Crippen molar-refractivity contribution < 1.29 is 4.74 Å². The van der Waals surface area contributed by atoms with Crippen LogP contribution in [0.5, 0.6) is 0 Å². The third-order valence-corrected chi connectivity index (χ3v) is 3.62. The zero-order chi connectivity index (χ0) is 11.9. The first kappa shape index (κ1) is 13.5. The Morgan fingerprint density at radius 3 is 2.56 bits per heavy atom. The van der Waals surface area contributed by atoms with Crippen molar-refractivity contribution in [3.63, 3.8) is 0 Å². The largest absolute Gasteiger partial charge is 0.377 e. The first-order valence-corrected chi connectivity index (χ1v) is 6.47. The molecule has 0 heterocycles. The van der Waals surface area contributed by atoms with Gasteiger partial charge in [-0.05, 0) is 32.7 Å². The monoisotopic (exact) mass is 223 g/mol. The van der Waals surface area contributed by atoms with Gasteiger partial charge in [0.25, 0.3) is 0 Å². The highest BCUT2D eigenvalue weighted by atomic mass is 16.5. The summed E-state index contributed by atoms with van der Waals surface area (Å²) in [6.45, 7) is 5.16. The fourth-order valence-electron chi connectivity index (χ4n) is 2.64. The molecule has 0 aromatic rings. The van der Waals surface area contributed by atoms with Gasteiger partial charge in [-0.1, -0.05) is 19.8 Å². The van der Waals surface area contributed by atoms with Crippen LogP contribution in [0, 0.1) is 11.8 Å². The summed E-state index contributed by atoms with van der Waals surface area (Å²) in [5, 5.41) is 3.61. The fourth-order valence-corrected chi connectivity index (χ4v) is 2.64. The average Bonchev–Trinajstić information content (AvgIpc) is 2.79. The Kier molecular flexibility index (Phi) is 5.87. The predicted octanol–water partition coefficient (Wildman–Crippen LogP) is 2.73. The molecule has 1 N–H and O–H groups in total. The molecule has 1 saturated carbocycles. The van der Waals surface area contributed by atoms with Crippen LogP contribution in [0.4, 0.5) is 0 Å². The van der Waals surface area contributed by atoms with Crippen LogP contribution in [0.15, 0.2) is 0 Å². The molecule has 1 atom stereocenters. The van der Waals surface area contributed by atoms with E-state index in [1.807, 2.05) is 14.0 Å². The molecule has 0 bridgehead atoms. The molecule has 92 valence electrons. The summed E-state index contributed by atoms with van der Waals surface area (Å²) in [4.78, 5) is 0. The van der Waals surface area contributed by atoms with Gasteiger partial charge in [-0.15, -0.1) is 11.8 Å². The lowest BCUT2D eigenvalue weighted by molar-refractivity contribution is -0.0342. The van der Waals surface area contributed by atoms with E-state index in [1.165, 1.54) is 25.7 Å². The first-order valence-electron chi connectivity index (χ1n) is 6.47. The third-order valence-electron chi connectivity index (χ3n) is 3.62. The Morgan fingerprint density at radius 2 is 2.06 bits per heavy atom. The van der Waals surface area contributed by atoms with E-state index >= 15 is 0 Å². The van der Waals surface area contributed by atoms with Crippen LogP contribution in [0.3, 0.4) is 0 Å². The van der Waals surface area contributed by atoms with Gasteiger partial charge in [-0.2, -0.15) is 0 Å². The molecule has 1 unspecified atom stereocenters. The van der Waals surface area contributed by atoms with Crippen molar-refractivity contribution in [1.82, 2.24) is 5.32 Å². The van der Waals surface area contributed by atoms with E-state index in [4.69, 9.17) is 4.74 Å². The molecular weight excluding hydrogens is 198 g/mol.